The minimum absolute atomic E-state index is 0.00319. The molecule has 0 radical (unpaired) electrons. The first-order valence-electron chi connectivity index (χ1n) is 11.3. The van der Waals surface area contributed by atoms with Gasteiger partial charge in [-0.15, -0.1) is 0 Å². The second kappa shape index (κ2) is 7.69. The van der Waals surface area contributed by atoms with Crippen LogP contribution in [0.25, 0.3) is 11.0 Å². The van der Waals surface area contributed by atoms with E-state index in [1.54, 1.807) is 6.33 Å². The zero-order chi connectivity index (χ0) is 20.7. The van der Waals surface area contributed by atoms with Gasteiger partial charge >= 0.3 is 0 Å². The highest BCUT2D eigenvalue weighted by atomic mass is 16.2. The molecule has 7 nitrogen and oxygen atoms in total. The molecule has 3 saturated heterocycles. The summed E-state index contributed by atoms with van der Waals surface area (Å²) in [7, 11) is 2.11. The first kappa shape index (κ1) is 19.5. The summed E-state index contributed by atoms with van der Waals surface area (Å²) in [6.07, 6.45) is 7.92. The van der Waals surface area contributed by atoms with Gasteiger partial charge in [0.1, 0.15) is 0 Å². The molecule has 160 valence electrons. The SMILES string of the molecule is CN1CCCC2(CCN(C(=O)c3ccc4nc[nH]c4c3)CC2)C1C(=O)N1CCCC1. The second-order valence-electron chi connectivity index (χ2n) is 9.31. The van der Waals surface area contributed by atoms with Crippen molar-refractivity contribution in [3.05, 3.63) is 30.1 Å². The Hall–Kier alpha value is -2.41. The number of nitrogens with one attached hydrogen (secondary N) is 1. The highest BCUT2D eigenvalue weighted by Crippen LogP contribution is 2.45. The number of aromatic amines is 1. The van der Waals surface area contributed by atoms with E-state index in [4.69, 9.17) is 0 Å². The van der Waals surface area contributed by atoms with E-state index in [-0.39, 0.29) is 17.4 Å². The van der Waals surface area contributed by atoms with Crippen molar-refractivity contribution >= 4 is 22.8 Å². The maximum Gasteiger partial charge on any atom is 0.253 e. The predicted octanol–water partition coefficient (Wildman–Crippen LogP) is 2.50. The lowest BCUT2D eigenvalue weighted by atomic mass is 9.66. The molecule has 3 aliphatic rings. The van der Waals surface area contributed by atoms with E-state index in [9.17, 15) is 9.59 Å². The highest BCUT2D eigenvalue weighted by Gasteiger charge is 2.50. The average Bonchev–Trinajstić information content (AvgIpc) is 3.45. The van der Waals surface area contributed by atoms with Gasteiger partial charge in [-0.1, -0.05) is 0 Å². The first-order chi connectivity index (χ1) is 14.6. The van der Waals surface area contributed by atoms with Crippen molar-refractivity contribution in [2.24, 2.45) is 5.41 Å². The Labute approximate surface area is 177 Å². The maximum absolute atomic E-state index is 13.4. The van der Waals surface area contributed by atoms with Crippen LogP contribution in [0, 0.1) is 5.41 Å². The fourth-order valence-corrected chi connectivity index (χ4v) is 5.90. The number of aromatic nitrogens is 2. The van der Waals surface area contributed by atoms with Crippen LogP contribution in [0.2, 0.25) is 0 Å². The fourth-order valence-electron chi connectivity index (χ4n) is 5.90. The molecule has 1 unspecified atom stereocenters. The second-order valence-corrected chi connectivity index (χ2v) is 9.31. The predicted molar refractivity (Wildman–Crippen MR) is 115 cm³/mol. The third kappa shape index (κ3) is 3.29. The Bertz CT molecular complexity index is 940. The summed E-state index contributed by atoms with van der Waals surface area (Å²) >= 11 is 0. The number of hydrogen-bond donors (Lipinski definition) is 1. The molecule has 2 amide bonds. The molecule has 3 aliphatic heterocycles. The van der Waals surface area contributed by atoms with E-state index in [1.807, 2.05) is 23.1 Å². The number of piperidine rings is 2. The van der Waals surface area contributed by atoms with Crippen molar-refractivity contribution < 1.29 is 9.59 Å². The lowest BCUT2D eigenvalue weighted by Crippen LogP contribution is -2.61. The third-order valence-electron chi connectivity index (χ3n) is 7.57. The number of carbonyl (C=O) groups excluding carboxylic acids is 2. The van der Waals surface area contributed by atoms with Gasteiger partial charge in [0.05, 0.1) is 23.4 Å². The molecule has 7 heteroatoms. The first-order valence-corrected chi connectivity index (χ1v) is 11.3. The van der Waals surface area contributed by atoms with Crippen LogP contribution in [-0.2, 0) is 4.79 Å². The number of rotatable bonds is 2. The van der Waals surface area contributed by atoms with Gasteiger partial charge in [-0.25, -0.2) is 4.98 Å². The summed E-state index contributed by atoms with van der Waals surface area (Å²) in [5, 5.41) is 0. The van der Waals surface area contributed by atoms with E-state index < -0.39 is 0 Å². The molecule has 0 aliphatic carbocycles. The summed E-state index contributed by atoms with van der Waals surface area (Å²) in [5.74, 6) is 0.395. The molecule has 3 fully saturated rings. The average molecular weight is 410 g/mol. The molecule has 1 spiro atoms. The lowest BCUT2D eigenvalue weighted by Gasteiger charge is -2.52. The molecular weight excluding hydrogens is 378 g/mol. The smallest absolute Gasteiger partial charge is 0.253 e. The van der Waals surface area contributed by atoms with Gasteiger partial charge < -0.3 is 14.8 Å². The quantitative estimate of drug-likeness (QED) is 0.827. The van der Waals surface area contributed by atoms with E-state index in [2.05, 4.69) is 26.8 Å². The number of imidazole rings is 1. The van der Waals surface area contributed by atoms with Crippen molar-refractivity contribution in [3.63, 3.8) is 0 Å². The monoisotopic (exact) mass is 409 g/mol. The molecule has 2 aromatic rings. The maximum atomic E-state index is 13.4. The summed E-state index contributed by atoms with van der Waals surface area (Å²) in [4.78, 5) is 40.2. The minimum Gasteiger partial charge on any atom is -0.345 e. The molecule has 5 rings (SSSR count). The van der Waals surface area contributed by atoms with Crippen molar-refractivity contribution in [1.82, 2.24) is 24.7 Å². The van der Waals surface area contributed by atoms with E-state index >= 15 is 0 Å². The number of fused-ring (bicyclic) bond motifs is 1. The van der Waals surface area contributed by atoms with Gasteiger partial charge in [-0.3, -0.25) is 14.5 Å². The van der Waals surface area contributed by atoms with Gasteiger partial charge in [0.15, 0.2) is 0 Å². The molecule has 1 N–H and O–H groups in total. The Morgan fingerprint density at radius 2 is 1.77 bits per heavy atom. The van der Waals surface area contributed by atoms with Crippen LogP contribution < -0.4 is 0 Å². The normalized spacial score (nSPS) is 24.6. The van der Waals surface area contributed by atoms with Crippen LogP contribution in [0.1, 0.15) is 48.9 Å². The Kier molecular flexibility index (Phi) is 5.01. The van der Waals surface area contributed by atoms with Gasteiger partial charge in [0.2, 0.25) is 5.91 Å². The third-order valence-corrected chi connectivity index (χ3v) is 7.57. The van der Waals surface area contributed by atoms with E-state index in [0.717, 1.165) is 82.3 Å². The van der Waals surface area contributed by atoms with Gasteiger partial charge in [0.25, 0.3) is 5.91 Å². The Morgan fingerprint density at radius 1 is 1.00 bits per heavy atom. The zero-order valence-corrected chi connectivity index (χ0v) is 17.8. The standard InChI is InChI=1S/C23H31N5O2/c1-26-10-4-7-23(20(26)22(30)27-11-2-3-12-27)8-13-28(14-9-23)21(29)17-5-6-18-19(15-17)25-16-24-18/h5-6,15-16,20H,2-4,7-14H2,1H3,(H,24,25). The molecule has 1 aromatic heterocycles. The highest BCUT2D eigenvalue weighted by molar-refractivity contribution is 5.97. The van der Waals surface area contributed by atoms with E-state index in [0.29, 0.717) is 11.5 Å². The van der Waals surface area contributed by atoms with Gasteiger partial charge in [-0.2, -0.15) is 0 Å². The topological polar surface area (TPSA) is 72.5 Å². The van der Waals surface area contributed by atoms with Crippen LogP contribution >= 0.6 is 0 Å². The minimum atomic E-state index is -0.0389. The number of hydrogen-bond acceptors (Lipinski definition) is 4. The summed E-state index contributed by atoms with van der Waals surface area (Å²) < 4.78 is 0. The largest absolute Gasteiger partial charge is 0.345 e. The van der Waals surface area contributed by atoms with Crippen molar-refractivity contribution in [2.75, 3.05) is 39.8 Å². The van der Waals surface area contributed by atoms with Crippen LogP contribution in [0.3, 0.4) is 0 Å². The summed E-state index contributed by atoms with van der Waals surface area (Å²) in [6, 6.07) is 5.61. The number of benzene rings is 1. The fraction of sp³-hybridized carbons (Fsp3) is 0.609. The lowest BCUT2D eigenvalue weighted by molar-refractivity contribution is -0.145. The molecular formula is C23H31N5O2. The summed E-state index contributed by atoms with van der Waals surface area (Å²) in [6.45, 7) is 4.23. The summed E-state index contributed by atoms with van der Waals surface area (Å²) in [5.41, 5.74) is 2.46. The van der Waals surface area contributed by atoms with Gasteiger partial charge in [0, 0.05) is 31.7 Å². The molecule has 30 heavy (non-hydrogen) atoms. The van der Waals surface area contributed by atoms with Crippen molar-refractivity contribution in [3.8, 4) is 0 Å². The van der Waals surface area contributed by atoms with Crippen LogP contribution in [-0.4, -0.2) is 82.3 Å². The van der Waals surface area contributed by atoms with Crippen LogP contribution in [0.5, 0.6) is 0 Å². The molecule has 1 atom stereocenters. The zero-order valence-electron chi connectivity index (χ0n) is 17.8. The van der Waals surface area contributed by atoms with Crippen molar-refractivity contribution in [1.29, 1.82) is 0 Å². The number of likely N-dealkylation sites (tertiary alicyclic amines) is 3. The number of carbonyl (C=O) groups is 2. The number of likely N-dealkylation sites (N-methyl/N-ethyl adjacent to an activating group) is 1. The molecule has 1 aromatic carbocycles. The Morgan fingerprint density at radius 3 is 2.53 bits per heavy atom. The van der Waals surface area contributed by atoms with Crippen molar-refractivity contribution in [2.45, 2.75) is 44.6 Å². The van der Waals surface area contributed by atoms with Crippen LogP contribution in [0.15, 0.2) is 24.5 Å². The number of nitrogens with zero attached hydrogens (tertiary/aromatic N) is 4. The molecule has 4 heterocycles. The van der Waals surface area contributed by atoms with E-state index in [1.165, 1.54) is 0 Å². The molecule has 0 saturated carbocycles. The number of amides is 2. The molecule has 0 bridgehead atoms. The number of H-pyrrole nitrogens is 1. The van der Waals surface area contributed by atoms with Gasteiger partial charge in [-0.05, 0) is 75.7 Å². The Balaban J connectivity index is 1.32. The van der Waals surface area contributed by atoms with Crippen LogP contribution in [0.4, 0.5) is 0 Å².